The van der Waals surface area contributed by atoms with Crippen LogP contribution in [0.3, 0.4) is 0 Å². The molecular weight excluding hydrogens is 593 g/mol. The highest BCUT2D eigenvalue weighted by atomic mass is 35.5. The number of carboxylic acid groups (broad SMARTS) is 1. The average Bonchev–Trinajstić information content (AvgIpc) is 2.89. The number of hydrogen-bond donors (Lipinski definition) is 1. The average molecular weight is 616 g/mol. The minimum absolute atomic E-state index is 0.0173. The fourth-order valence-electron chi connectivity index (χ4n) is 4.32. The Hall–Kier alpha value is -3.64. The maximum Gasteiger partial charge on any atom is 0.416 e. The first kappa shape index (κ1) is 30.3. The van der Waals surface area contributed by atoms with Crippen LogP contribution in [-0.4, -0.2) is 32.1 Å². The summed E-state index contributed by atoms with van der Waals surface area (Å²) < 4.78 is 102. The third-order valence-electron chi connectivity index (χ3n) is 6.31. The SMILES string of the molecule is CC(F)(F)c1cccc(Cl)c1C=Cc1ccc2c(c1)N(S(=O)(=O)c1cccc(C(F)(F)F)c1)CC(CCC(=O)O)O2. The molecule has 0 spiro atoms. The second-order valence-electron chi connectivity index (χ2n) is 9.38. The van der Waals surface area contributed by atoms with Gasteiger partial charge in [0.05, 0.1) is 22.7 Å². The van der Waals surface area contributed by atoms with Crippen molar-refractivity contribution >= 4 is 45.4 Å². The molecule has 1 atom stereocenters. The van der Waals surface area contributed by atoms with E-state index in [1.54, 1.807) is 0 Å². The van der Waals surface area contributed by atoms with Crippen molar-refractivity contribution in [1.29, 1.82) is 0 Å². The summed E-state index contributed by atoms with van der Waals surface area (Å²) in [7, 11) is -4.58. The van der Waals surface area contributed by atoms with Gasteiger partial charge in [0, 0.05) is 29.5 Å². The lowest BCUT2D eigenvalue weighted by molar-refractivity contribution is -0.138. The normalized spacial score (nSPS) is 16.0. The van der Waals surface area contributed by atoms with Gasteiger partial charge in [-0.05, 0) is 48.4 Å². The highest BCUT2D eigenvalue weighted by Crippen LogP contribution is 2.40. The van der Waals surface area contributed by atoms with E-state index in [1.165, 1.54) is 48.6 Å². The van der Waals surface area contributed by atoms with Crippen molar-refractivity contribution in [3.63, 3.8) is 0 Å². The molecule has 1 unspecified atom stereocenters. The van der Waals surface area contributed by atoms with E-state index in [0.717, 1.165) is 29.4 Å². The van der Waals surface area contributed by atoms with Crippen molar-refractivity contribution in [2.75, 3.05) is 10.8 Å². The van der Waals surface area contributed by atoms with Gasteiger partial charge >= 0.3 is 12.1 Å². The van der Waals surface area contributed by atoms with Gasteiger partial charge in [-0.25, -0.2) is 17.2 Å². The van der Waals surface area contributed by atoms with Gasteiger partial charge in [-0.15, -0.1) is 0 Å². The number of sulfonamides is 1. The zero-order valence-corrected chi connectivity index (χ0v) is 22.9. The van der Waals surface area contributed by atoms with Crippen LogP contribution in [-0.2, 0) is 26.9 Å². The molecule has 1 aliphatic heterocycles. The molecule has 0 amide bonds. The van der Waals surface area contributed by atoms with Crippen LogP contribution in [0, 0.1) is 0 Å². The van der Waals surface area contributed by atoms with E-state index >= 15 is 0 Å². The molecule has 0 saturated heterocycles. The van der Waals surface area contributed by atoms with E-state index < -0.39 is 44.7 Å². The Balaban J connectivity index is 1.78. The van der Waals surface area contributed by atoms with Crippen molar-refractivity contribution in [3.05, 3.63) is 87.9 Å². The number of benzene rings is 3. The second-order valence-corrected chi connectivity index (χ2v) is 11.7. The zero-order valence-electron chi connectivity index (χ0n) is 21.3. The number of nitrogens with zero attached hydrogens (tertiary/aromatic N) is 1. The van der Waals surface area contributed by atoms with Gasteiger partial charge in [-0.2, -0.15) is 13.2 Å². The molecule has 1 N–H and O–H groups in total. The Morgan fingerprint density at radius 3 is 2.44 bits per heavy atom. The van der Waals surface area contributed by atoms with Crippen LogP contribution in [0.1, 0.15) is 42.0 Å². The number of carbonyl (C=O) groups is 1. The Morgan fingerprint density at radius 1 is 1.07 bits per heavy atom. The van der Waals surface area contributed by atoms with E-state index in [1.807, 2.05) is 0 Å². The van der Waals surface area contributed by atoms with Crippen molar-refractivity contribution in [2.24, 2.45) is 0 Å². The number of ether oxygens (including phenoxy) is 1. The molecule has 0 aliphatic carbocycles. The number of fused-ring (bicyclic) bond motifs is 1. The fourth-order valence-corrected chi connectivity index (χ4v) is 6.11. The summed E-state index contributed by atoms with van der Waals surface area (Å²) in [5, 5.41) is 9.14. The number of anilines is 1. The molecule has 218 valence electrons. The molecule has 0 bridgehead atoms. The predicted octanol–water partition coefficient (Wildman–Crippen LogP) is 7.46. The molecule has 13 heteroatoms. The molecule has 41 heavy (non-hydrogen) atoms. The maximum atomic E-state index is 14.2. The van der Waals surface area contributed by atoms with Gasteiger partial charge in [0.25, 0.3) is 15.9 Å². The third kappa shape index (κ3) is 6.82. The topological polar surface area (TPSA) is 83.9 Å². The zero-order chi connectivity index (χ0) is 30.2. The molecule has 0 radical (unpaired) electrons. The summed E-state index contributed by atoms with van der Waals surface area (Å²) in [6, 6.07) is 11.6. The number of rotatable bonds is 8. The van der Waals surface area contributed by atoms with E-state index in [4.69, 9.17) is 21.4 Å². The number of alkyl halides is 5. The Bertz CT molecular complexity index is 1600. The first-order valence-electron chi connectivity index (χ1n) is 12.1. The van der Waals surface area contributed by atoms with Crippen molar-refractivity contribution in [2.45, 2.75) is 42.9 Å². The first-order valence-corrected chi connectivity index (χ1v) is 14.0. The summed E-state index contributed by atoms with van der Waals surface area (Å²) in [4.78, 5) is 10.5. The highest BCUT2D eigenvalue weighted by Gasteiger charge is 2.37. The lowest BCUT2D eigenvalue weighted by atomic mass is 10.0. The smallest absolute Gasteiger partial charge is 0.416 e. The van der Waals surface area contributed by atoms with Gasteiger partial charge in [0.15, 0.2) is 0 Å². The monoisotopic (exact) mass is 615 g/mol. The van der Waals surface area contributed by atoms with Gasteiger partial charge in [-0.1, -0.05) is 48.0 Å². The summed E-state index contributed by atoms with van der Waals surface area (Å²) >= 11 is 6.17. The highest BCUT2D eigenvalue weighted by molar-refractivity contribution is 7.92. The predicted molar refractivity (Wildman–Crippen MR) is 144 cm³/mol. The Kier molecular flexibility index (Phi) is 8.38. The van der Waals surface area contributed by atoms with Gasteiger partial charge in [0.2, 0.25) is 0 Å². The Morgan fingerprint density at radius 2 is 1.78 bits per heavy atom. The van der Waals surface area contributed by atoms with Crippen LogP contribution in [0.4, 0.5) is 27.6 Å². The van der Waals surface area contributed by atoms with Gasteiger partial charge in [-0.3, -0.25) is 9.10 Å². The van der Waals surface area contributed by atoms with Crippen molar-refractivity contribution in [3.8, 4) is 5.75 Å². The molecule has 6 nitrogen and oxygen atoms in total. The number of hydrogen-bond acceptors (Lipinski definition) is 4. The van der Waals surface area contributed by atoms with Crippen LogP contribution in [0.5, 0.6) is 5.75 Å². The minimum atomic E-state index is -4.79. The largest absolute Gasteiger partial charge is 0.486 e. The minimum Gasteiger partial charge on any atom is -0.486 e. The molecule has 1 heterocycles. The molecule has 0 fully saturated rings. The van der Waals surface area contributed by atoms with E-state index in [-0.39, 0.29) is 47.0 Å². The van der Waals surface area contributed by atoms with Crippen LogP contribution in [0.15, 0.2) is 65.6 Å². The van der Waals surface area contributed by atoms with Crippen molar-refractivity contribution < 1.29 is 45.0 Å². The maximum absolute atomic E-state index is 14.2. The first-order chi connectivity index (χ1) is 19.1. The molecule has 0 aromatic heterocycles. The van der Waals surface area contributed by atoms with Crippen molar-refractivity contribution in [1.82, 2.24) is 0 Å². The van der Waals surface area contributed by atoms with E-state index in [9.17, 15) is 35.2 Å². The second kappa shape index (κ2) is 11.3. The van der Waals surface area contributed by atoms with Gasteiger partial charge < -0.3 is 9.84 Å². The quantitative estimate of drug-likeness (QED) is 0.210. The summed E-state index contributed by atoms with van der Waals surface area (Å²) in [6.45, 7) is 0.353. The van der Waals surface area contributed by atoms with Crippen LogP contribution in [0.2, 0.25) is 5.02 Å². The standard InChI is InChI=1S/C28H23ClF5NO5S/c1-27(30,31)22-6-3-7-23(29)21(22)11-8-17-9-12-25-24(14-17)35(16-19(40-25)10-13-26(36)37)41(38,39)20-5-2-4-18(15-20)28(32,33)34/h2-9,11-12,14-15,19H,10,13,16H2,1H3,(H,36,37). The molecule has 4 rings (SSSR count). The van der Waals surface area contributed by atoms with Gasteiger partial charge in [0.1, 0.15) is 11.9 Å². The molecular formula is C28H23ClF5NO5S. The number of halogens is 6. The van der Waals surface area contributed by atoms with E-state index in [2.05, 4.69) is 0 Å². The van der Waals surface area contributed by atoms with Crippen LogP contribution < -0.4 is 9.04 Å². The molecule has 1 aliphatic rings. The lowest BCUT2D eigenvalue weighted by Crippen LogP contribution is -2.43. The Labute approximate surface area is 237 Å². The number of aliphatic carboxylic acids is 1. The molecule has 0 saturated carbocycles. The number of carboxylic acids is 1. The lowest BCUT2D eigenvalue weighted by Gasteiger charge is -2.35. The summed E-state index contributed by atoms with van der Waals surface area (Å²) in [5.74, 6) is -4.28. The van der Waals surface area contributed by atoms with E-state index in [0.29, 0.717) is 11.6 Å². The fraction of sp³-hybridized carbons (Fsp3) is 0.250. The summed E-state index contributed by atoms with van der Waals surface area (Å²) in [5.41, 5.74) is -1.09. The summed E-state index contributed by atoms with van der Waals surface area (Å²) in [6.07, 6.45) is -3.31. The third-order valence-corrected chi connectivity index (χ3v) is 8.42. The van der Waals surface area contributed by atoms with Crippen LogP contribution in [0.25, 0.3) is 12.2 Å². The van der Waals surface area contributed by atoms with Crippen LogP contribution >= 0.6 is 11.6 Å². The molecule has 3 aromatic carbocycles. The molecule has 3 aromatic rings.